The number of carbonyl (C=O) groups is 1. The number of rotatable bonds is 8. The summed E-state index contributed by atoms with van der Waals surface area (Å²) in [5, 5.41) is 14.5. The predicted molar refractivity (Wildman–Crippen MR) is 120 cm³/mol. The monoisotopic (exact) mass is 448 g/mol. The molecule has 2 aromatic carbocycles. The number of piperidine rings is 1. The zero-order valence-electron chi connectivity index (χ0n) is 18.1. The van der Waals surface area contributed by atoms with Crippen LogP contribution in [0.25, 0.3) is 0 Å². The maximum absolute atomic E-state index is 12.5. The van der Waals surface area contributed by atoms with Gasteiger partial charge in [-0.1, -0.05) is 23.7 Å². The molecule has 0 aliphatic carbocycles. The molecule has 7 nitrogen and oxygen atoms in total. The number of halogens is 1. The lowest BCUT2D eigenvalue weighted by atomic mass is 9.84. The Morgan fingerprint density at radius 1 is 1.06 bits per heavy atom. The van der Waals surface area contributed by atoms with Crippen LogP contribution >= 0.6 is 11.6 Å². The summed E-state index contributed by atoms with van der Waals surface area (Å²) < 4.78 is 15.9. The van der Waals surface area contributed by atoms with Crippen LogP contribution in [0.15, 0.2) is 36.4 Å². The number of nitrogens with zero attached hydrogens (tertiary/aromatic N) is 1. The number of anilines is 1. The van der Waals surface area contributed by atoms with Crippen molar-refractivity contribution in [1.82, 2.24) is 4.90 Å². The minimum atomic E-state index is -0.848. The van der Waals surface area contributed by atoms with Crippen LogP contribution in [0.1, 0.15) is 24.8 Å². The summed E-state index contributed by atoms with van der Waals surface area (Å²) in [4.78, 5) is 14.7. The van der Waals surface area contributed by atoms with Crippen molar-refractivity contribution in [2.45, 2.75) is 24.9 Å². The number of hydrogen-bond donors (Lipinski definition) is 2. The molecule has 2 aromatic rings. The van der Waals surface area contributed by atoms with Gasteiger partial charge >= 0.3 is 0 Å². The van der Waals surface area contributed by atoms with Gasteiger partial charge in [0, 0.05) is 48.9 Å². The van der Waals surface area contributed by atoms with E-state index in [1.54, 1.807) is 24.3 Å². The number of benzene rings is 2. The lowest BCUT2D eigenvalue weighted by Crippen LogP contribution is -2.43. The van der Waals surface area contributed by atoms with E-state index in [9.17, 15) is 9.90 Å². The summed E-state index contributed by atoms with van der Waals surface area (Å²) in [6.45, 7) is 2.06. The van der Waals surface area contributed by atoms with E-state index in [0.717, 1.165) is 18.7 Å². The van der Waals surface area contributed by atoms with E-state index in [-0.39, 0.29) is 5.91 Å². The van der Waals surface area contributed by atoms with Gasteiger partial charge in [-0.05, 0) is 30.5 Å². The molecule has 168 valence electrons. The highest BCUT2D eigenvalue weighted by Gasteiger charge is 2.33. The van der Waals surface area contributed by atoms with Crippen molar-refractivity contribution < 1.29 is 24.1 Å². The van der Waals surface area contributed by atoms with Crippen LogP contribution in [0.5, 0.6) is 17.2 Å². The zero-order chi connectivity index (χ0) is 22.4. The van der Waals surface area contributed by atoms with Crippen LogP contribution < -0.4 is 19.5 Å². The van der Waals surface area contributed by atoms with Crippen molar-refractivity contribution in [3.63, 3.8) is 0 Å². The van der Waals surface area contributed by atoms with Crippen molar-refractivity contribution in [3.8, 4) is 17.2 Å². The third-order valence-corrected chi connectivity index (χ3v) is 5.92. The fourth-order valence-corrected chi connectivity index (χ4v) is 3.96. The summed E-state index contributed by atoms with van der Waals surface area (Å²) >= 11 is 5.95. The van der Waals surface area contributed by atoms with E-state index in [1.807, 2.05) is 12.1 Å². The Morgan fingerprint density at radius 3 is 2.16 bits per heavy atom. The summed E-state index contributed by atoms with van der Waals surface area (Å²) in [5.41, 5.74) is 0.617. The lowest BCUT2D eigenvalue weighted by molar-refractivity contribution is -0.116. The first kappa shape index (κ1) is 23.2. The molecule has 3 rings (SSSR count). The predicted octanol–water partition coefficient (Wildman–Crippen LogP) is 3.68. The van der Waals surface area contributed by atoms with Gasteiger partial charge in [-0.15, -0.1) is 0 Å². The molecule has 0 radical (unpaired) electrons. The molecule has 1 amide bonds. The summed E-state index contributed by atoms with van der Waals surface area (Å²) in [6.07, 6.45) is 1.57. The van der Waals surface area contributed by atoms with Crippen molar-refractivity contribution in [1.29, 1.82) is 0 Å². The highest BCUT2D eigenvalue weighted by molar-refractivity contribution is 6.30. The van der Waals surface area contributed by atoms with Crippen molar-refractivity contribution >= 4 is 23.2 Å². The highest BCUT2D eigenvalue weighted by atomic mass is 35.5. The van der Waals surface area contributed by atoms with E-state index < -0.39 is 5.60 Å². The second kappa shape index (κ2) is 10.2. The normalized spacial score (nSPS) is 15.9. The van der Waals surface area contributed by atoms with E-state index in [1.165, 1.54) is 21.3 Å². The smallest absolute Gasteiger partial charge is 0.225 e. The first-order valence-corrected chi connectivity index (χ1v) is 10.6. The number of ether oxygens (including phenoxy) is 3. The van der Waals surface area contributed by atoms with Crippen LogP contribution in [0.3, 0.4) is 0 Å². The van der Waals surface area contributed by atoms with Crippen LogP contribution in [0.4, 0.5) is 5.69 Å². The molecule has 2 N–H and O–H groups in total. The largest absolute Gasteiger partial charge is 0.493 e. The molecule has 0 bridgehead atoms. The third kappa shape index (κ3) is 5.61. The summed E-state index contributed by atoms with van der Waals surface area (Å²) in [5.74, 6) is 1.33. The van der Waals surface area contributed by atoms with Gasteiger partial charge in [0.15, 0.2) is 11.5 Å². The second-order valence-electron chi connectivity index (χ2n) is 7.59. The molecule has 1 heterocycles. The van der Waals surface area contributed by atoms with Crippen LogP contribution in [-0.4, -0.2) is 56.9 Å². The summed E-state index contributed by atoms with van der Waals surface area (Å²) in [6, 6.07) is 10.8. The van der Waals surface area contributed by atoms with E-state index in [4.69, 9.17) is 25.8 Å². The van der Waals surface area contributed by atoms with E-state index >= 15 is 0 Å². The van der Waals surface area contributed by atoms with Gasteiger partial charge < -0.3 is 29.5 Å². The molecule has 1 saturated heterocycles. The molecule has 1 aliphatic rings. The Bertz CT molecular complexity index is 870. The fourth-order valence-electron chi connectivity index (χ4n) is 3.83. The Labute approximate surface area is 187 Å². The zero-order valence-corrected chi connectivity index (χ0v) is 18.9. The number of likely N-dealkylation sites (tertiary alicyclic amines) is 1. The molecular formula is C23H29ClN2O5. The SMILES string of the molecule is COc1cc(NC(=O)CCN2CCC(O)(c3ccc(Cl)cc3)CC2)cc(OC)c1OC. The van der Waals surface area contributed by atoms with Crippen LogP contribution in [0, 0.1) is 0 Å². The Kier molecular flexibility index (Phi) is 7.64. The van der Waals surface area contributed by atoms with Gasteiger partial charge in [0.2, 0.25) is 11.7 Å². The molecular weight excluding hydrogens is 420 g/mol. The second-order valence-corrected chi connectivity index (χ2v) is 8.03. The number of carbonyl (C=O) groups excluding carboxylic acids is 1. The Hall–Kier alpha value is -2.48. The van der Waals surface area contributed by atoms with Gasteiger partial charge in [-0.3, -0.25) is 4.79 Å². The Morgan fingerprint density at radius 2 is 1.65 bits per heavy atom. The van der Waals surface area contributed by atoms with Crippen molar-refractivity contribution in [2.24, 2.45) is 0 Å². The number of amides is 1. The Balaban J connectivity index is 1.52. The molecule has 1 fully saturated rings. The first-order chi connectivity index (χ1) is 14.9. The van der Waals surface area contributed by atoms with Crippen LogP contribution in [-0.2, 0) is 10.4 Å². The van der Waals surface area contributed by atoms with Crippen molar-refractivity contribution in [2.75, 3.05) is 46.3 Å². The van der Waals surface area contributed by atoms with Crippen molar-refractivity contribution in [3.05, 3.63) is 47.0 Å². The maximum Gasteiger partial charge on any atom is 0.225 e. The number of methoxy groups -OCH3 is 3. The third-order valence-electron chi connectivity index (χ3n) is 5.67. The first-order valence-electron chi connectivity index (χ1n) is 10.2. The van der Waals surface area contributed by atoms with Crippen LogP contribution in [0.2, 0.25) is 5.02 Å². The highest BCUT2D eigenvalue weighted by Crippen LogP contribution is 2.40. The van der Waals surface area contributed by atoms with Gasteiger partial charge in [0.1, 0.15) is 0 Å². The quantitative estimate of drug-likeness (QED) is 0.641. The van der Waals surface area contributed by atoms with Gasteiger partial charge in [0.25, 0.3) is 0 Å². The number of aliphatic hydroxyl groups is 1. The molecule has 0 spiro atoms. The molecule has 0 atom stereocenters. The molecule has 0 aromatic heterocycles. The van der Waals surface area contributed by atoms with E-state index in [0.29, 0.717) is 53.8 Å². The molecule has 1 aliphatic heterocycles. The lowest BCUT2D eigenvalue weighted by Gasteiger charge is -2.38. The molecule has 31 heavy (non-hydrogen) atoms. The van der Waals surface area contributed by atoms with Gasteiger partial charge in [-0.25, -0.2) is 0 Å². The number of nitrogens with one attached hydrogen (secondary N) is 1. The molecule has 8 heteroatoms. The standard InChI is InChI=1S/C23H29ClN2O5/c1-29-19-14-18(15-20(30-2)22(19)31-3)25-21(27)8-11-26-12-9-23(28,10-13-26)16-4-6-17(24)7-5-16/h4-7,14-15,28H,8-13H2,1-3H3,(H,25,27). The van der Waals surface area contributed by atoms with Gasteiger partial charge in [0.05, 0.1) is 26.9 Å². The van der Waals surface area contributed by atoms with E-state index in [2.05, 4.69) is 10.2 Å². The molecule has 0 unspecified atom stereocenters. The minimum Gasteiger partial charge on any atom is -0.493 e. The maximum atomic E-state index is 12.5. The minimum absolute atomic E-state index is 0.104. The average Bonchev–Trinajstić information content (AvgIpc) is 2.78. The fraction of sp³-hybridized carbons (Fsp3) is 0.435. The molecule has 0 saturated carbocycles. The summed E-state index contributed by atoms with van der Waals surface area (Å²) in [7, 11) is 4.60. The average molecular weight is 449 g/mol. The number of hydrogen-bond acceptors (Lipinski definition) is 6. The topological polar surface area (TPSA) is 80.3 Å². The van der Waals surface area contributed by atoms with Gasteiger partial charge in [-0.2, -0.15) is 0 Å².